The lowest BCUT2D eigenvalue weighted by atomic mass is 10.2. The maximum Gasteiger partial charge on any atom is 0.251 e. The van der Waals surface area contributed by atoms with Gasteiger partial charge in [-0.2, -0.15) is 0 Å². The molecule has 3 aromatic carbocycles. The van der Waals surface area contributed by atoms with Gasteiger partial charge in [0, 0.05) is 12.1 Å². The third-order valence-electron chi connectivity index (χ3n) is 4.22. The van der Waals surface area contributed by atoms with E-state index in [1.54, 1.807) is 55.6 Å². The van der Waals surface area contributed by atoms with Crippen molar-refractivity contribution in [1.82, 2.24) is 10.6 Å². The molecule has 0 saturated heterocycles. The van der Waals surface area contributed by atoms with Crippen LogP contribution in [0.5, 0.6) is 17.2 Å². The van der Waals surface area contributed by atoms with Crippen LogP contribution in [0.1, 0.15) is 15.9 Å². The van der Waals surface area contributed by atoms with Crippen molar-refractivity contribution >= 4 is 11.8 Å². The fraction of sp³-hybridized carbons (Fsp3) is 0.130. The number of carbonyl (C=O) groups is 2. The smallest absolute Gasteiger partial charge is 0.251 e. The first-order valence-electron chi connectivity index (χ1n) is 9.25. The topological polar surface area (TPSA) is 76.7 Å². The fourth-order valence-electron chi connectivity index (χ4n) is 2.58. The molecule has 0 bridgehead atoms. The third kappa shape index (κ3) is 6.07. The molecular weight excluding hydrogens is 387 g/mol. The van der Waals surface area contributed by atoms with Crippen molar-refractivity contribution in [3.05, 3.63) is 89.7 Å². The van der Waals surface area contributed by atoms with Gasteiger partial charge in [-0.05, 0) is 66.2 Å². The predicted octanol–water partition coefficient (Wildman–Crippen LogP) is 3.67. The van der Waals surface area contributed by atoms with Crippen LogP contribution in [-0.2, 0) is 11.3 Å². The molecule has 0 aliphatic carbocycles. The van der Waals surface area contributed by atoms with Crippen molar-refractivity contribution in [2.24, 2.45) is 0 Å². The number of carbonyl (C=O) groups excluding carboxylic acids is 2. The summed E-state index contributed by atoms with van der Waals surface area (Å²) >= 11 is 0. The van der Waals surface area contributed by atoms with Crippen LogP contribution in [0.25, 0.3) is 0 Å². The van der Waals surface area contributed by atoms with Crippen LogP contribution in [0.2, 0.25) is 0 Å². The Balaban J connectivity index is 1.42. The van der Waals surface area contributed by atoms with Crippen LogP contribution in [-0.4, -0.2) is 25.5 Å². The Morgan fingerprint density at radius 1 is 0.800 bits per heavy atom. The van der Waals surface area contributed by atoms with Crippen molar-refractivity contribution in [2.75, 3.05) is 13.7 Å². The molecule has 0 fully saturated rings. The predicted molar refractivity (Wildman–Crippen MR) is 110 cm³/mol. The summed E-state index contributed by atoms with van der Waals surface area (Å²) in [6.45, 7) is 0.185. The second-order valence-electron chi connectivity index (χ2n) is 6.39. The lowest BCUT2D eigenvalue weighted by Gasteiger charge is -2.09. The van der Waals surface area contributed by atoms with E-state index in [1.165, 1.54) is 12.1 Å². The largest absolute Gasteiger partial charge is 0.497 e. The molecule has 0 spiro atoms. The normalized spacial score (nSPS) is 10.2. The molecular formula is C23H21FN2O4. The van der Waals surface area contributed by atoms with E-state index in [1.807, 2.05) is 12.1 Å². The number of hydrogen-bond donors (Lipinski definition) is 2. The van der Waals surface area contributed by atoms with E-state index in [4.69, 9.17) is 9.47 Å². The minimum Gasteiger partial charge on any atom is -0.497 e. The van der Waals surface area contributed by atoms with Gasteiger partial charge in [-0.25, -0.2) is 4.39 Å². The zero-order chi connectivity index (χ0) is 21.3. The zero-order valence-electron chi connectivity index (χ0n) is 16.4. The maximum absolute atomic E-state index is 12.9. The Morgan fingerprint density at radius 3 is 1.97 bits per heavy atom. The molecule has 154 valence electrons. The van der Waals surface area contributed by atoms with Gasteiger partial charge in [0.2, 0.25) is 5.91 Å². The molecule has 0 aromatic heterocycles. The van der Waals surface area contributed by atoms with Crippen molar-refractivity contribution in [2.45, 2.75) is 6.54 Å². The summed E-state index contributed by atoms with van der Waals surface area (Å²) in [5.41, 5.74) is 1.32. The first-order valence-corrected chi connectivity index (χ1v) is 9.25. The molecule has 6 nitrogen and oxygen atoms in total. The average molecular weight is 408 g/mol. The summed E-state index contributed by atoms with van der Waals surface area (Å²) in [6.07, 6.45) is 0. The molecule has 0 saturated carbocycles. The van der Waals surface area contributed by atoms with E-state index < -0.39 is 0 Å². The second kappa shape index (κ2) is 10.1. The van der Waals surface area contributed by atoms with E-state index in [0.29, 0.717) is 29.4 Å². The van der Waals surface area contributed by atoms with E-state index >= 15 is 0 Å². The van der Waals surface area contributed by atoms with Crippen LogP contribution >= 0.6 is 0 Å². The van der Waals surface area contributed by atoms with Crippen LogP contribution in [0.15, 0.2) is 72.8 Å². The highest BCUT2D eigenvalue weighted by Gasteiger charge is 2.08. The van der Waals surface area contributed by atoms with Gasteiger partial charge < -0.3 is 20.1 Å². The summed E-state index contributed by atoms with van der Waals surface area (Å²) in [5.74, 6) is 0.819. The van der Waals surface area contributed by atoms with Crippen molar-refractivity contribution < 1.29 is 23.5 Å². The molecule has 0 radical (unpaired) electrons. The molecule has 2 amide bonds. The summed E-state index contributed by atoms with van der Waals surface area (Å²) < 4.78 is 23.6. The molecule has 0 aliphatic rings. The van der Waals surface area contributed by atoms with E-state index in [0.717, 1.165) is 5.56 Å². The van der Waals surface area contributed by atoms with Gasteiger partial charge in [0.05, 0.1) is 13.7 Å². The fourth-order valence-corrected chi connectivity index (χ4v) is 2.58. The molecule has 3 rings (SSSR count). The van der Waals surface area contributed by atoms with Gasteiger partial charge >= 0.3 is 0 Å². The summed E-state index contributed by atoms with van der Waals surface area (Å²) in [4.78, 5) is 24.0. The van der Waals surface area contributed by atoms with Crippen LogP contribution in [0.3, 0.4) is 0 Å². The number of rotatable bonds is 8. The number of nitrogens with one attached hydrogen (secondary N) is 2. The Labute approximate surface area is 173 Å². The minimum absolute atomic E-state index is 0.128. The number of amides is 2. The third-order valence-corrected chi connectivity index (χ3v) is 4.22. The highest BCUT2D eigenvalue weighted by Crippen LogP contribution is 2.21. The van der Waals surface area contributed by atoms with Crippen LogP contribution < -0.4 is 20.1 Å². The van der Waals surface area contributed by atoms with Crippen molar-refractivity contribution in [3.8, 4) is 17.2 Å². The standard InChI is InChI=1S/C23H21FN2O4/c1-29-19-10-4-17(5-11-19)23(28)26-15-22(27)25-14-16-2-8-20(9-3-16)30-21-12-6-18(24)7-13-21/h2-13H,14-15H2,1H3,(H,25,27)(H,26,28). The van der Waals surface area contributed by atoms with Gasteiger partial charge in [-0.15, -0.1) is 0 Å². The SMILES string of the molecule is COc1ccc(C(=O)NCC(=O)NCc2ccc(Oc3ccc(F)cc3)cc2)cc1. The van der Waals surface area contributed by atoms with Crippen LogP contribution in [0.4, 0.5) is 4.39 Å². The summed E-state index contributed by atoms with van der Waals surface area (Å²) in [5, 5.41) is 5.32. The summed E-state index contributed by atoms with van der Waals surface area (Å²) in [6, 6.07) is 19.5. The van der Waals surface area contributed by atoms with Gasteiger partial charge in [0.1, 0.15) is 23.1 Å². The number of benzene rings is 3. The Hall–Kier alpha value is -3.87. The van der Waals surface area contributed by atoms with Gasteiger partial charge in [0.25, 0.3) is 5.91 Å². The molecule has 30 heavy (non-hydrogen) atoms. The highest BCUT2D eigenvalue weighted by molar-refractivity contribution is 5.96. The number of hydrogen-bond acceptors (Lipinski definition) is 4. The van der Waals surface area contributed by atoms with E-state index in [2.05, 4.69) is 10.6 Å². The molecule has 0 heterocycles. The first kappa shape index (κ1) is 20.9. The molecule has 0 unspecified atom stereocenters. The highest BCUT2D eigenvalue weighted by atomic mass is 19.1. The Morgan fingerprint density at radius 2 is 1.37 bits per heavy atom. The molecule has 3 aromatic rings. The number of ether oxygens (including phenoxy) is 2. The Kier molecular flexibility index (Phi) is 7.00. The van der Waals surface area contributed by atoms with Crippen LogP contribution in [0, 0.1) is 5.82 Å². The lowest BCUT2D eigenvalue weighted by Crippen LogP contribution is -2.36. The molecule has 7 heteroatoms. The quantitative estimate of drug-likeness (QED) is 0.596. The second-order valence-corrected chi connectivity index (χ2v) is 6.39. The lowest BCUT2D eigenvalue weighted by molar-refractivity contribution is -0.120. The molecule has 0 aliphatic heterocycles. The van der Waals surface area contributed by atoms with Gasteiger partial charge in [-0.3, -0.25) is 9.59 Å². The average Bonchev–Trinajstić information content (AvgIpc) is 2.78. The van der Waals surface area contributed by atoms with Crippen molar-refractivity contribution in [3.63, 3.8) is 0 Å². The minimum atomic E-state index is -0.338. The number of methoxy groups -OCH3 is 1. The number of halogens is 1. The summed E-state index contributed by atoms with van der Waals surface area (Å²) in [7, 11) is 1.55. The van der Waals surface area contributed by atoms with E-state index in [9.17, 15) is 14.0 Å². The van der Waals surface area contributed by atoms with Crippen molar-refractivity contribution in [1.29, 1.82) is 0 Å². The maximum atomic E-state index is 12.9. The first-order chi connectivity index (χ1) is 14.5. The molecule has 0 atom stereocenters. The monoisotopic (exact) mass is 408 g/mol. The molecule has 2 N–H and O–H groups in total. The Bertz CT molecular complexity index is 987. The van der Waals surface area contributed by atoms with Gasteiger partial charge in [-0.1, -0.05) is 12.1 Å². The van der Waals surface area contributed by atoms with Gasteiger partial charge in [0.15, 0.2) is 0 Å². The zero-order valence-corrected chi connectivity index (χ0v) is 16.4. The van der Waals surface area contributed by atoms with E-state index in [-0.39, 0.29) is 24.2 Å².